The van der Waals surface area contributed by atoms with Crippen molar-refractivity contribution in [2.75, 3.05) is 0 Å². The van der Waals surface area contributed by atoms with E-state index in [-0.39, 0.29) is 29.3 Å². The average molecular weight is 448 g/mol. The van der Waals surface area contributed by atoms with Gasteiger partial charge in [-0.05, 0) is 49.4 Å². The van der Waals surface area contributed by atoms with Gasteiger partial charge in [0.25, 0.3) is 0 Å². The van der Waals surface area contributed by atoms with Crippen LogP contribution < -0.4 is 5.32 Å². The number of rotatable bonds is 7. The quantitative estimate of drug-likeness (QED) is 0.569. The molecule has 0 spiro atoms. The normalized spacial score (nSPS) is 16.8. The number of hydrogen-bond acceptors (Lipinski definition) is 4. The number of nitrogens with one attached hydrogen (secondary N) is 1. The maximum absolute atomic E-state index is 14.0. The lowest BCUT2D eigenvalue weighted by Gasteiger charge is -2.26. The molecule has 164 valence electrons. The summed E-state index contributed by atoms with van der Waals surface area (Å²) in [5, 5.41) is 17.3. The molecular formula is C22H23ClFN3O4. The van der Waals surface area contributed by atoms with Crippen molar-refractivity contribution in [3.8, 4) is 0 Å². The summed E-state index contributed by atoms with van der Waals surface area (Å²) < 4.78 is 20.9. The number of carbonyl (C=O) groups is 2. The Balaban J connectivity index is 1.55. The summed E-state index contributed by atoms with van der Waals surface area (Å²) in [7, 11) is 0. The number of hydrogen-bond donors (Lipinski definition) is 2. The van der Waals surface area contributed by atoms with Crippen molar-refractivity contribution in [1.82, 2.24) is 15.0 Å². The first-order valence-corrected chi connectivity index (χ1v) is 10.7. The maximum Gasteiger partial charge on any atom is 0.326 e. The Labute approximate surface area is 183 Å². The smallest absolute Gasteiger partial charge is 0.326 e. The van der Waals surface area contributed by atoms with Crippen LogP contribution >= 0.6 is 11.6 Å². The zero-order chi connectivity index (χ0) is 22.1. The van der Waals surface area contributed by atoms with E-state index in [1.165, 1.54) is 12.1 Å². The Morgan fingerprint density at radius 3 is 2.90 bits per heavy atom. The molecule has 0 radical (unpaired) electrons. The number of nitrogens with zero attached hydrogens (tertiary/aromatic N) is 2. The summed E-state index contributed by atoms with van der Waals surface area (Å²) in [6.07, 6.45) is 2.87. The first kappa shape index (κ1) is 21.4. The van der Waals surface area contributed by atoms with Gasteiger partial charge < -0.3 is 19.5 Å². The molecule has 2 N–H and O–H groups in total. The van der Waals surface area contributed by atoms with E-state index in [0.717, 1.165) is 16.8 Å². The number of amides is 1. The molecule has 1 aromatic carbocycles. The molecule has 1 amide bonds. The second-order valence-corrected chi connectivity index (χ2v) is 8.23. The van der Waals surface area contributed by atoms with Gasteiger partial charge in [-0.1, -0.05) is 23.7 Å². The van der Waals surface area contributed by atoms with E-state index in [2.05, 4.69) is 10.5 Å². The predicted molar refractivity (Wildman–Crippen MR) is 113 cm³/mol. The van der Waals surface area contributed by atoms with Gasteiger partial charge in [-0.2, -0.15) is 0 Å². The molecule has 0 fully saturated rings. The van der Waals surface area contributed by atoms with Gasteiger partial charge in [0.2, 0.25) is 5.91 Å². The number of carboxylic acids is 1. The number of halogens is 2. The fraction of sp³-hybridized carbons (Fsp3) is 0.409. The van der Waals surface area contributed by atoms with Crippen LogP contribution in [0.15, 0.2) is 28.8 Å². The summed E-state index contributed by atoms with van der Waals surface area (Å²) >= 11 is 5.72. The highest BCUT2D eigenvalue weighted by molar-refractivity contribution is 6.29. The van der Waals surface area contributed by atoms with E-state index < -0.39 is 12.0 Å². The first-order valence-electron chi connectivity index (χ1n) is 10.3. The fourth-order valence-electron chi connectivity index (χ4n) is 4.45. The zero-order valence-electron chi connectivity index (χ0n) is 17.0. The standard InChI is InChI=1S/C22H23ClFN3O4/c1-2-17(22(29)30)27-18-6-3-12(24)9-15(18)16-10-13(4-7-19(16)27)25-21(28)8-5-14-11-20(23)26-31-14/h3,6,9,11,13,17H,2,4-5,7-8,10H2,1H3,(H,25,28)(H,29,30). The third-order valence-corrected chi connectivity index (χ3v) is 6.02. The largest absolute Gasteiger partial charge is 0.480 e. The molecule has 4 rings (SSSR count). The molecule has 2 aromatic heterocycles. The van der Waals surface area contributed by atoms with Crippen molar-refractivity contribution in [3.05, 3.63) is 52.3 Å². The molecule has 2 unspecified atom stereocenters. The van der Waals surface area contributed by atoms with Crippen molar-refractivity contribution in [2.45, 2.75) is 57.5 Å². The molecular weight excluding hydrogens is 425 g/mol. The number of carbonyl (C=O) groups excluding carboxylic acids is 1. The van der Waals surface area contributed by atoms with E-state index in [4.69, 9.17) is 16.1 Å². The molecule has 3 aromatic rings. The van der Waals surface area contributed by atoms with Gasteiger partial charge in [0.15, 0.2) is 5.15 Å². The molecule has 9 heteroatoms. The number of aliphatic carboxylic acids is 1. The molecule has 7 nitrogen and oxygen atoms in total. The number of aromatic nitrogens is 2. The van der Waals surface area contributed by atoms with Crippen LogP contribution in [-0.4, -0.2) is 32.7 Å². The van der Waals surface area contributed by atoms with Gasteiger partial charge in [0.05, 0.1) is 0 Å². The Hall–Kier alpha value is -2.87. The second kappa shape index (κ2) is 8.70. The van der Waals surface area contributed by atoms with Gasteiger partial charge in [-0.3, -0.25) is 4.79 Å². The van der Waals surface area contributed by atoms with Crippen LogP contribution in [0, 0.1) is 5.82 Å². The van der Waals surface area contributed by atoms with Crippen molar-refractivity contribution >= 4 is 34.4 Å². The van der Waals surface area contributed by atoms with Crippen LogP contribution in [0.3, 0.4) is 0 Å². The lowest BCUT2D eigenvalue weighted by molar-refractivity contribution is -0.141. The third-order valence-electron chi connectivity index (χ3n) is 5.84. The monoisotopic (exact) mass is 447 g/mol. The van der Waals surface area contributed by atoms with Crippen molar-refractivity contribution in [2.24, 2.45) is 0 Å². The number of aryl methyl sites for hydroxylation is 1. The molecule has 1 aliphatic carbocycles. The second-order valence-electron chi connectivity index (χ2n) is 7.84. The molecule has 0 saturated heterocycles. The first-order chi connectivity index (χ1) is 14.9. The summed E-state index contributed by atoms with van der Waals surface area (Å²) in [6, 6.07) is 5.22. The van der Waals surface area contributed by atoms with E-state index >= 15 is 0 Å². The minimum Gasteiger partial charge on any atom is -0.480 e. The van der Waals surface area contributed by atoms with Crippen molar-refractivity contribution in [3.63, 3.8) is 0 Å². The lowest BCUT2D eigenvalue weighted by Crippen LogP contribution is -2.39. The number of benzene rings is 1. The fourth-order valence-corrected chi connectivity index (χ4v) is 4.61. The topological polar surface area (TPSA) is 97.4 Å². The zero-order valence-corrected chi connectivity index (χ0v) is 17.8. The summed E-state index contributed by atoms with van der Waals surface area (Å²) in [5.74, 6) is -0.848. The van der Waals surface area contributed by atoms with E-state index in [1.54, 1.807) is 12.1 Å². The highest BCUT2D eigenvalue weighted by atomic mass is 35.5. The molecule has 2 atom stereocenters. The maximum atomic E-state index is 14.0. The van der Waals surface area contributed by atoms with Gasteiger partial charge in [0, 0.05) is 41.5 Å². The van der Waals surface area contributed by atoms with Crippen LogP contribution in [0.2, 0.25) is 5.15 Å². The molecule has 0 bridgehead atoms. The minimum atomic E-state index is -0.908. The van der Waals surface area contributed by atoms with Gasteiger partial charge in [-0.25, -0.2) is 9.18 Å². The Morgan fingerprint density at radius 1 is 1.42 bits per heavy atom. The van der Waals surface area contributed by atoms with E-state index in [1.807, 2.05) is 11.5 Å². The van der Waals surface area contributed by atoms with Crippen molar-refractivity contribution < 1.29 is 23.6 Å². The van der Waals surface area contributed by atoms with Crippen LogP contribution in [0.4, 0.5) is 4.39 Å². The van der Waals surface area contributed by atoms with Crippen LogP contribution in [0.25, 0.3) is 10.9 Å². The Bertz CT molecular complexity index is 1140. The predicted octanol–water partition coefficient (Wildman–Crippen LogP) is 4.06. The van der Waals surface area contributed by atoms with Crippen LogP contribution in [-0.2, 0) is 28.9 Å². The van der Waals surface area contributed by atoms with Crippen molar-refractivity contribution in [1.29, 1.82) is 0 Å². The van der Waals surface area contributed by atoms with Gasteiger partial charge >= 0.3 is 5.97 Å². The molecule has 0 saturated carbocycles. The molecule has 31 heavy (non-hydrogen) atoms. The van der Waals surface area contributed by atoms with Gasteiger partial charge in [0.1, 0.15) is 17.6 Å². The molecule has 0 aliphatic heterocycles. The average Bonchev–Trinajstić information content (AvgIpc) is 3.28. The number of fused-ring (bicyclic) bond motifs is 3. The summed E-state index contributed by atoms with van der Waals surface area (Å²) in [6.45, 7) is 1.83. The van der Waals surface area contributed by atoms with Crippen LogP contribution in [0.5, 0.6) is 0 Å². The van der Waals surface area contributed by atoms with E-state index in [9.17, 15) is 19.1 Å². The third kappa shape index (κ3) is 4.30. The Morgan fingerprint density at radius 2 is 2.23 bits per heavy atom. The highest BCUT2D eigenvalue weighted by Crippen LogP contribution is 2.36. The minimum absolute atomic E-state index is 0.106. The number of carboxylic acid groups (broad SMARTS) is 1. The lowest BCUT2D eigenvalue weighted by atomic mass is 9.91. The SMILES string of the molecule is CCC(C(=O)O)n1c2c(c3cc(F)ccc31)CC(NC(=O)CCc1cc(Cl)no1)CC2. The highest BCUT2D eigenvalue weighted by Gasteiger charge is 2.30. The van der Waals surface area contributed by atoms with Gasteiger partial charge in [-0.15, -0.1) is 0 Å². The Kier molecular flexibility index (Phi) is 6.00. The molecule has 1 aliphatic rings. The molecule has 2 heterocycles. The van der Waals surface area contributed by atoms with Crippen LogP contribution in [0.1, 0.15) is 49.2 Å². The van der Waals surface area contributed by atoms with E-state index in [0.29, 0.717) is 43.3 Å². The summed E-state index contributed by atoms with van der Waals surface area (Å²) in [5.41, 5.74) is 2.54. The summed E-state index contributed by atoms with van der Waals surface area (Å²) in [4.78, 5) is 24.3.